The van der Waals surface area contributed by atoms with Gasteiger partial charge in [0.15, 0.2) is 6.10 Å². The summed E-state index contributed by atoms with van der Waals surface area (Å²) in [6.07, 6.45) is 69.5. The quantitative estimate of drug-likeness (QED) is 0.0211. The number of quaternary nitrogens is 1. The van der Waals surface area contributed by atoms with Gasteiger partial charge >= 0.3 is 19.8 Å². The highest BCUT2D eigenvalue weighted by Crippen LogP contribution is 2.43. The zero-order chi connectivity index (χ0) is 51.3. The summed E-state index contributed by atoms with van der Waals surface area (Å²) in [5.41, 5.74) is 0. The number of rotatable bonds is 50. The van der Waals surface area contributed by atoms with Gasteiger partial charge in [-0.15, -0.1) is 0 Å². The minimum Gasteiger partial charge on any atom is -0.462 e. The van der Waals surface area contributed by atoms with E-state index in [9.17, 15) is 19.0 Å². The molecule has 2 unspecified atom stereocenters. The van der Waals surface area contributed by atoms with E-state index >= 15 is 0 Å². The van der Waals surface area contributed by atoms with Crippen LogP contribution in [0.4, 0.5) is 0 Å². The second kappa shape index (κ2) is 50.9. The molecule has 70 heavy (non-hydrogen) atoms. The largest absolute Gasteiger partial charge is 0.472 e. The van der Waals surface area contributed by atoms with Gasteiger partial charge in [0.2, 0.25) is 0 Å². The molecule has 0 bridgehead atoms. The Morgan fingerprint density at radius 3 is 1.20 bits per heavy atom. The molecule has 0 fully saturated rings. The van der Waals surface area contributed by atoms with Crippen molar-refractivity contribution >= 4 is 19.8 Å². The van der Waals surface area contributed by atoms with Crippen LogP contribution in [0, 0.1) is 0 Å². The van der Waals surface area contributed by atoms with Crippen LogP contribution in [-0.4, -0.2) is 74.9 Å². The Morgan fingerprint density at radius 1 is 0.443 bits per heavy atom. The summed E-state index contributed by atoms with van der Waals surface area (Å²) in [4.78, 5) is 35.5. The Kier molecular flexibility index (Phi) is 48.6. The Hall–Kier alpha value is -3.07. The molecule has 0 heterocycles. The monoisotopic (exact) mass is 999 g/mol. The number of phosphoric acid groups is 1. The van der Waals surface area contributed by atoms with Gasteiger partial charge in [0, 0.05) is 12.8 Å². The zero-order valence-corrected chi connectivity index (χ0v) is 46.4. The number of carbonyl (C=O) groups excluding carboxylic acids is 2. The number of carbonyl (C=O) groups is 2. The van der Waals surface area contributed by atoms with Crippen LogP contribution in [0.15, 0.2) is 97.2 Å². The molecule has 0 radical (unpaired) electrons. The van der Waals surface area contributed by atoms with E-state index in [2.05, 4.69) is 98.9 Å². The Bertz CT molecular complexity index is 1500. The number of phosphoric ester groups is 1. The van der Waals surface area contributed by atoms with Crippen molar-refractivity contribution in [3.05, 3.63) is 97.2 Å². The molecule has 9 nitrogen and oxygen atoms in total. The molecule has 10 heteroatoms. The van der Waals surface area contributed by atoms with E-state index in [1.54, 1.807) is 0 Å². The maximum Gasteiger partial charge on any atom is 0.472 e. The van der Waals surface area contributed by atoms with E-state index in [1.165, 1.54) is 109 Å². The highest BCUT2D eigenvalue weighted by molar-refractivity contribution is 7.47. The normalized spacial score (nSPS) is 14.1. The van der Waals surface area contributed by atoms with Crippen LogP contribution in [-0.2, 0) is 32.7 Å². The molecular weight excluding hydrogens is 894 g/mol. The molecule has 0 aliphatic rings. The summed E-state index contributed by atoms with van der Waals surface area (Å²) in [6.45, 7) is 4.12. The van der Waals surface area contributed by atoms with Crippen molar-refractivity contribution < 1.29 is 42.1 Å². The van der Waals surface area contributed by atoms with Crippen LogP contribution in [0.25, 0.3) is 0 Å². The fourth-order valence-corrected chi connectivity index (χ4v) is 8.12. The highest BCUT2D eigenvalue weighted by atomic mass is 31.2. The Labute approximate surface area is 430 Å². The van der Waals surface area contributed by atoms with Gasteiger partial charge < -0.3 is 18.9 Å². The van der Waals surface area contributed by atoms with E-state index in [0.29, 0.717) is 23.9 Å². The first kappa shape index (κ1) is 66.9. The van der Waals surface area contributed by atoms with E-state index in [0.717, 1.165) is 70.6 Å². The van der Waals surface area contributed by atoms with Crippen molar-refractivity contribution in [3.8, 4) is 0 Å². The first-order chi connectivity index (χ1) is 34.0. The molecule has 2 atom stereocenters. The molecule has 0 aromatic heterocycles. The minimum absolute atomic E-state index is 0.0184. The number of unbranched alkanes of at least 4 members (excludes halogenated alkanes) is 20. The standard InChI is InChI=1S/C60H104NO8P/c1-6-8-10-12-14-16-18-20-21-22-23-24-25-26-27-28-29-30-31-32-33-34-35-36-37-38-39-41-43-45-47-49-51-53-60(63)69-58(57-68-70(64,65)67-55-54-61(3,4)5)56-66-59(62)52-50-48-46-44-42-40-19-17-15-13-11-9-7-2/h8-11,14-17,20-21,23-24,40,42,46,48,58H,6-7,12-13,18-19,22,25-39,41,43-45,47,49-57H2,1-5H3/p+1/b10-8-,11-9-,16-14-,17-15-,21-20-,24-23-,42-40-,48-46-. The lowest BCUT2D eigenvalue weighted by Crippen LogP contribution is -2.37. The highest BCUT2D eigenvalue weighted by Gasteiger charge is 2.27. The summed E-state index contributed by atoms with van der Waals surface area (Å²) in [5, 5.41) is 0. The lowest BCUT2D eigenvalue weighted by Gasteiger charge is -2.24. The number of likely N-dealkylation sites (N-methyl/N-ethyl adjacent to an activating group) is 1. The molecule has 0 aromatic carbocycles. The number of nitrogens with zero attached hydrogens (tertiary/aromatic N) is 1. The van der Waals surface area contributed by atoms with Gasteiger partial charge in [-0.25, -0.2) is 4.57 Å². The summed E-state index contributed by atoms with van der Waals surface area (Å²) in [6, 6.07) is 0. The van der Waals surface area contributed by atoms with Crippen LogP contribution in [0.3, 0.4) is 0 Å². The lowest BCUT2D eigenvalue weighted by molar-refractivity contribution is -0.870. The molecule has 0 saturated heterocycles. The minimum atomic E-state index is -4.40. The van der Waals surface area contributed by atoms with Gasteiger partial charge in [-0.2, -0.15) is 0 Å². The second-order valence-electron chi connectivity index (χ2n) is 19.6. The summed E-state index contributed by atoms with van der Waals surface area (Å²) < 4.78 is 34.4. The topological polar surface area (TPSA) is 108 Å². The average molecular weight is 999 g/mol. The van der Waals surface area contributed by atoms with Crippen molar-refractivity contribution in [3.63, 3.8) is 0 Å². The van der Waals surface area contributed by atoms with Crippen LogP contribution >= 0.6 is 7.82 Å². The molecule has 0 spiro atoms. The van der Waals surface area contributed by atoms with Crippen LogP contribution < -0.4 is 0 Å². The van der Waals surface area contributed by atoms with E-state index in [4.69, 9.17) is 18.5 Å². The number of hydrogen-bond acceptors (Lipinski definition) is 7. The number of esters is 2. The molecule has 0 amide bonds. The molecule has 402 valence electrons. The summed E-state index contributed by atoms with van der Waals surface area (Å²) in [7, 11) is 1.44. The maximum absolute atomic E-state index is 12.8. The van der Waals surface area contributed by atoms with Crippen molar-refractivity contribution in [2.24, 2.45) is 0 Å². The van der Waals surface area contributed by atoms with Crippen LogP contribution in [0.1, 0.15) is 219 Å². The van der Waals surface area contributed by atoms with E-state index in [-0.39, 0.29) is 26.1 Å². The maximum atomic E-state index is 12.8. The third-order valence-corrected chi connectivity index (χ3v) is 12.6. The summed E-state index contributed by atoms with van der Waals surface area (Å²) >= 11 is 0. The molecular formula is C60H105NO8P+. The van der Waals surface area contributed by atoms with Crippen molar-refractivity contribution in [1.82, 2.24) is 0 Å². The van der Waals surface area contributed by atoms with Crippen LogP contribution in [0.5, 0.6) is 0 Å². The molecule has 0 aliphatic carbocycles. The van der Waals surface area contributed by atoms with Gasteiger partial charge in [-0.1, -0.05) is 227 Å². The smallest absolute Gasteiger partial charge is 0.462 e. The molecule has 0 rings (SSSR count). The number of hydrogen-bond donors (Lipinski definition) is 1. The fourth-order valence-electron chi connectivity index (χ4n) is 7.37. The molecule has 1 N–H and O–H groups in total. The van der Waals surface area contributed by atoms with E-state index < -0.39 is 32.5 Å². The predicted octanol–water partition coefficient (Wildman–Crippen LogP) is 17.3. The second-order valence-corrected chi connectivity index (χ2v) is 21.0. The molecule has 0 saturated carbocycles. The third-order valence-electron chi connectivity index (χ3n) is 11.6. The van der Waals surface area contributed by atoms with Crippen molar-refractivity contribution in [2.75, 3.05) is 47.5 Å². The number of ether oxygens (including phenoxy) is 2. The fraction of sp³-hybridized carbons (Fsp3) is 0.700. The summed E-state index contributed by atoms with van der Waals surface area (Å²) in [5.74, 6) is -0.893. The Balaban J connectivity index is 4.06. The lowest BCUT2D eigenvalue weighted by atomic mass is 10.0. The van der Waals surface area contributed by atoms with Crippen molar-refractivity contribution in [1.29, 1.82) is 0 Å². The molecule has 0 aliphatic heterocycles. The zero-order valence-electron chi connectivity index (χ0n) is 45.5. The van der Waals surface area contributed by atoms with Gasteiger partial charge in [-0.3, -0.25) is 18.6 Å². The first-order valence-corrected chi connectivity index (χ1v) is 29.5. The predicted molar refractivity (Wildman–Crippen MR) is 298 cm³/mol. The SMILES string of the molecule is CC/C=C\C/C=C\C/C=C\C/C=C\CCCCCCCCCCCCCCCCCCCCCCC(=O)OC(COC(=O)CC/C=C\C/C=C\C/C=C\C/C=C\CC)COP(=O)(O)OCC[N+](C)(C)C. The number of allylic oxidation sites excluding steroid dienone is 16. The van der Waals surface area contributed by atoms with E-state index in [1.807, 2.05) is 33.3 Å². The Morgan fingerprint density at radius 2 is 0.800 bits per heavy atom. The van der Waals surface area contributed by atoms with Gasteiger partial charge in [-0.05, 0) is 77.0 Å². The van der Waals surface area contributed by atoms with Crippen LogP contribution in [0.2, 0.25) is 0 Å². The van der Waals surface area contributed by atoms with Gasteiger partial charge in [0.05, 0.1) is 27.7 Å². The van der Waals surface area contributed by atoms with Gasteiger partial charge in [0.1, 0.15) is 19.8 Å². The first-order valence-electron chi connectivity index (χ1n) is 28.0. The third kappa shape index (κ3) is 54.3. The van der Waals surface area contributed by atoms with Gasteiger partial charge in [0.25, 0.3) is 0 Å². The average Bonchev–Trinajstić information content (AvgIpc) is 3.32. The molecule has 0 aromatic rings. The van der Waals surface area contributed by atoms with Crippen molar-refractivity contribution in [2.45, 2.75) is 225 Å².